The van der Waals surface area contributed by atoms with Crippen LogP contribution in [0.1, 0.15) is 43.4 Å². The van der Waals surface area contributed by atoms with E-state index in [0.29, 0.717) is 27.8 Å². The minimum Gasteiger partial charge on any atom is -0.354 e. The molecule has 3 rings (SSSR count). The molecule has 1 N–H and O–H groups in total. The zero-order valence-corrected chi connectivity index (χ0v) is 25.5. The Balaban J connectivity index is 2.05. The predicted octanol–water partition coefficient (Wildman–Crippen LogP) is 6.14. The highest BCUT2D eigenvalue weighted by Crippen LogP contribution is 2.29. The Morgan fingerprint density at radius 1 is 0.975 bits per heavy atom. The molecule has 0 heterocycles. The van der Waals surface area contributed by atoms with Crippen LogP contribution in [0.3, 0.4) is 0 Å². The van der Waals surface area contributed by atoms with E-state index in [2.05, 4.69) is 5.32 Å². The number of halogens is 2. The zero-order chi connectivity index (χ0) is 29.4. The summed E-state index contributed by atoms with van der Waals surface area (Å²) >= 11 is 12.5. The summed E-state index contributed by atoms with van der Waals surface area (Å²) in [5.41, 5.74) is 2.58. The molecule has 0 radical (unpaired) electrons. The standard InChI is InChI=1S/C30H35Cl2N3O4S/c1-5-6-17-33-30(37)23(4)34(19-24-15-16-25(31)18-27(24)32)29(36)20-35(28-14-10-11-21(2)22(28)3)40(38,39)26-12-8-7-9-13-26/h7-16,18,23H,5-6,17,19-20H2,1-4H3,(H,33,37)/t23-/m1/s1. The molecule has 0 saturated heterocycles. The van der Waals surface area contributed by atoms with Crippen LogP contribution in [0.25, 0.3) is 0 Å². The maximum absolute atomic E-state index is 14.0. The second-order valence-electron chi connectivity index (χ2n) is 9.62. The molecule has 0 aromatic heterocycles. The fourth-order valence-electron chi connectivity index (χ4n) is 4.19. The van der Waals surface area contributed by atoms with Gasteiger partial charge in [-0.15, -0.1) is 0 Å². The number of benzene rings is 3. The van der Waals surface area contributed by atoms with Gasteiger partial charge in [0.1, 0.15) is 12.6 Å². The lowest BCUT2D eigenvalue weighted by atomic mass is 10.1. The van der Waals surface area contributed by atoms with Crippen LogP contribution in [-0.4, -0.2) is 44.3 Å². The van der Waals surface area contributed by atoms with Crippen molar-refractivity contribution in [2.24, 2.45) is 0 Å². The molecule has 40 heavy (non-hydrogen) atoms. The number of amides is 2. The van der Waals surface area contributed by atoms with Gasteiger partial charge in [-0.1, -0.05) is 72.9 Å². The molecule has 3 aromatic carbocycles. The Hall–Kier alpha value is -3.07. The molecule has 214 valence electrons. The molecular weight excluding hydrogens is 569 g/mol. The third-order valence-corrected chi connectivity index (χ3v) is 9.17. The van der Waals surface area contributed by atoms with Gasteiger partial charge in [0.15, 0.2) is 0 Å². The van der Waals surface area contributed by atoms with Crippen LogP contribution in [0.4, 0.5) is 5.69 Å². The van der Waals surface area contributed by atoms with Crippen LogP contribution in [0.15, 0.2) is 71.6 Å². The number of aryl methyl sites for hydroxylation is 1. The first-order chi connectivity index (χ1) is 19.0. The first-order valence-electron chi connectivity index (χ1n) is 13.1. The second-order valence-corrected chi connectivity index (χ2v) is 12.3. The smallest absolute Gasteiger partial charge is 0.264 e. The van der Waals surface area contributed by atoms with Crippen LogP contribution in [0.2, 0.25) is 10.0 Å². The SMILES string of the molecule is CCCCNC(=O)[C@@H](C)N(Cc1ccc(Cl)cc1Cl)C(=O)CN(c1cccc(C)c1C)S(=O)(=O)c1ccccc1. The molecule has 0 aliphatic heterocycles. The van der Waals surface area contributed by atoms with Gasteiger partial charge in [-0.05, 0) is 74.2 Å². The van der Waals surface area contributed by atoms with Crippen LogP contribution >= 0.6 is 23.2 Å². The fourth-order valence-corrected chi connectivity index (χ4v) is 6.15. The number of nitrogens with zero attached hydrogens (tertiary/aromatic N) is 2. The zero-order valence-electron chi connectivity index (χ0n) is 23.2. The van der Waals surface area contributed by atoms with Crippen molar-refractivity contribution in [3.63, 3.8) is 0 Å². The molecule has 0 spiro atoms. The third kappa shape index (κ3) is 7.56. The van der Waals surface area contributed by atoms with Gasteiger partial charge < -0.3 is 10.2 Å². The maximum Gasteiger partial charge on any atom is 0.264 e. The summed E-state index contributed by atoms with van der Waals surface area (Å²) in [7, 11) is -4.13. The van der Waals surface area contributed by atoms with E-state index >= 15 is 0 Å². The molecule has 0 fully saturated rings. The summed E-state index contributed by atoms with van der Waals surface area (Å²) < 4.78 is 29.0. The van der Waals surface area contributed by atoms with Crippen LogP contribution in [-0.2, 0) is 26.2 Å². The normalized spacial score (nSPS) is 12.1. The summed E-state index contributed by atoms with van der Waals surface area (Å²) in [4.78, 5) is 28.5. The molecule has 0 aliphatic carbocycles. The van der Waals surface area contributed by atoms with Crippen molar-refractivity contribution in [3.05, 3.63) is 93.5 Å². The van der Waals surface area contributed by atoms with Crippen LogP contribution < -0.4 is 9.62 Å². The molecule has 2 amide bonds. The lowest BCUT2D eigenvalue weighted by Gasteiger charge is -2.32. The number of rotatable bonds is 12. The van der Waals surface area contributed by atoms with Gasteiger partial charge in [-0.3, -0.25) is 13.9 Å². The molecule has 10 heteroatoms. The highest BCUT2D eigenvalue weighted by Gasteiger charge is 2.33. The molecule has 0 unspecified atom stereocenters. The van der Waals surface area contributed by atoms with E-state index in [0.717, 1.165) is 28.3 Å². The number of carbonyl (C=O) groups excluding carboxylic acids is 2. The number of hydrogen-bond acceptors (Lipinski definition) is 4. The van der Waals surface area contributed by atoms with Gasteiger partial charge in [0.25, 0.3) is 10.0 Å². The van der Waals surface area contributed by atoms with Gasteiger partial charge in [0.2, 0.25) is 11.8 Å². The van der Waals surface area contributed by atoms with Crippen molar-refractivity contribution < 1.29 is 18.0 Å². The van der Waals surface area contributed by atoms with E-state index in [-0.39, 0.29) is 17.3 Å². The van der Waals surface area contributed by atoms with E-state index in [1.165, 1.54) is 17.0 Å². The number of nitrogens with one attached hydrogen (secondary N) is 1. The summed E-state index contributed by atoms with van der Waals surface area (Å²) in [5.74, 6) is -0.888. The van der Waals surface area contributed by atoms with E-state index < -0.39 is 28.5 Å². The number of unbranched alkanes of at least 4 members (excludes halogenated alkanes) is 1. The first kappa shape index (κ1) is 31.5. The van der Waals surface area contributed by atoms with Crippen molar-refractivity contribution in [2.75, 3.05) is 17.4 Å². The van der Waals surface area contributed by atoms with Crippen molar-refractivity contribution in [2.45, 2.75) is 58.0 Å². The summed E-state index contributed by atoms with van der Waals surface area (Å²) in [6.45, 7) is 7.28. The van der Waals surface area contributed by atoms with Gasteiger partial charge in [0, 0.05) is 23.1 Å². The van der Waals surface area contributed by atoms with Gasteiger partial charge >= 0.3 is 0 Å². The lowest BCUT2D eigenvalue weighted by Crippen LogP contribution is -2.51. The fraction of sp³-hybridized carbons (Fsp3) is 0.333. The second kappa shape index (κ2) is 14.0. The number of sulfonamides is 1. The van der Waals surface area contributed by atoms with E-state index in [4.69, 9.17) is 23.2 Å². The van der Waals surface area contributed by atoms with E-state index in [1.807, 2.05) is 26.8 Å². The number of carbonyl (C=O) groups is 2. The first-order valence-corrected chi connectivity index (χ1v) is 15.3. The average molecular weight is 605 g/mol. The van der Waals surface area contributed by atoms with Crippen LogP contribution in [0.5, 0.6) is 0 Å². The summed E-state index contributed by atoms with van der Waals surface area (Å²) in [5, 5.41) is 3.64. The maximum atomic E-state index is 14.0. The molecule has 3 aromatic rings. The molecular formula is C30H35Cl2N3O4S. The highest BCUT2D eigenvalue weighted by atomic mass is 35.5. The van der Waals surface area contributed by atoms with E-state index in [1.54, 1.807) is 55.5 Å². The predicted molar refractivity (Wildman–Crippen MR) is 161 cm³/mol. The van der Waals surface area contributed by atoms with Crippen molar-refractivity contribution in [3.8, 4) is 0 Å². The Bertz CT molecular complexity index is 1450. The number of hydrogen-bond donors (Lipinski definition) is 1. The Morgan fingerprint density at radius 3 is 2.33 bits per heavy atom. The van der Waals surface area contributed by atoms with Gasteiger partial charge in [-0.2, -0.15) is 0 Å². The topological polar surface area (TPSA) is 86.8 Å². The van der Waals surface area contributed by atoms with Crippen LogP contribution in [0, 0.1) is 13.8 Å². The quantitative estimate of drug-likeness (QED) is 0.252. The summed E-state index contributed by atoms with van der Waals surface area (Å²) in [6.07, 6.45) is 1.70. The lowest BCUT2D eigenvalue weighted by molar-refractivity contribution is -0.139. The van der Waals surface area contributed by atoms with Crippen molar-refractivity contribution in [1.29, 1.82) is 0 Å². The van der Waals surface area contributed by atoms with Crippen molar-refractivity contribution in [1.82, 2.24) is 10.2 Å². The average Bonchev–Trinajstić information content (AvgIpc) is 2.93. The minimum atomic E-state index is -4.13. The largest absolute Gasteiger partial charge is 0.354 e. The Labute approximate surface area is 247 Å². The minimum absolute atomic E-state index is 0.0107. The third-order valence-electron chi connectivity index (χ3n) is 6.81. The molecule has 7 nitrogen and oxygen atoms in total. The van der Waals surface area contributed by atoms with E-state index in [9.17, 15) is 18.0 Å². The number of anilines is 1. The Morgan fingerprint density at radius 2 is 1.68 bits per heavy atom. The van der Waals surface area contributed by atoms with Gasteiger partial charge in [0.05, 0.1) is 10.6 Å². The van der Waals surface area contributed by atoms with Crippen molar-refractivity contribution >= 4 is 50.7 Å². The highest BCUT2D eigenvalue weighted by molar-refractivity contribution is 7.92. The molecule has 1 atom stereocenters. The monoisotopic (exact) mass is 603 g/mol. The molecule has 0 saturated carbocycles. The molecule has 0 bridgehead atoms. The molecule has 0 aliphatic rings. The summed E-state index contributed by atoms with van der Waals surface area (Å²) in [6, 6.07) is 17.3. The van der Waals surface area contributed by atoms with Gasteiger partial charge in [-0.25, -0.2) is 8.42 Å². The Kier molecular flexibility index (Phi) is 11.0.